The van der Waals surface area contributed by atoms with Gasteiger partial charge in [0.15, 0.2) is 11.8 Å². The molecule has 0 radical (unpaired) electrons. The lowest BCUT2D eigenvalue weighted by Crippen LogP contribution is -2.38. The molecule has 8 heteroatoms. The zero-order chi connectivity index (χ0) is 18.0. The van der Waals surface area contributed by atoms with E-state index in [1.54, 1.807) is 7.05 Å². The molecule has 0 aliphatic carbocycles. The molecule has 26 heavy (non-hydrogen) atoms. The van der Waals surface area contributed by atoms with Gasteiger partial charge in [0.2, 0.25) is 0 Å². The predicted octanol–water partition coefficient (Wildman–Crippen LogP) is 1.11. The predicted molar refractivity (Wildman–Crippen MR) is 100 cm³/mol. The van der Waals surface area contributed by atoms with Crippen LogP contribution in [0.2, 0.25) is 0 Å². The maximum Gasteiger partial charge on any atom is 0.191 e. The van der Waals surface area contributed by atoms with E-state index in [2.05, 4.69) is 30.4 Å². The highest BCUT2D eigenvalue weighted by Gasteiger charge is 2.16. The molecule has 1 fully saturated rings. The van der Waals surface area contributed by atoms with Gasteiger partial charge in [0, 0.05) is 53.0 Å². The number of rotatable bonds is 8. The first-order valence-electron chi connectivity index (χ1n) is 9.88. The van der Waals surface area contributed by atoms with Crippen LogP contribution in [0.3, 0.4) is 0 Å². The van der Waals surface area contributed by atoms with Gasteiger partial charge in [-0.3, -0.25) is 4.99 Å². The third-order valence-electron chi connectivity index (χ3n) is 5.03. The SMILES string of the molecule is CN=C(NCCCOCC1CCOCC1)NCc1nnc2n1CCCC2. The van der Waals surface area contributed by atoms with Crippen LogP contribution in [0.25, 0.3) is 0 Å². The number of hydrogen-bond donors (Lipinski definition) is 2. The molecule has 3 heterocycles. The van der Waals surface area contributed by atoms with Crippen molar-refractivity contribution in [2.75, 3.05) is 40.0 Å². The van der Waals surface area contributed by atoms with Crippen LogP contribution in [0, 0.1) is 5.92 Å². The number of nitrogens with zero attached hydrogens (tertiary/aromatic N) is 4. The number of nitrogens with one attached hydrogen (secondary N) is 2. The lowest BCUT2D eigenvalue weighted by atomic mass is 10.0. The van der Waals surface area contributed by atoms with E-state index in [-0.39, 0.29) is 0 Å². The van der Waals surface area contributed by atoms with Crippen LogP contribution in [0.15, 0.2) is 4.99 Å². The monoisotopic (exact) mass is 364 g/mol. The summed E-state index contributed by atoms with van der Waals surface area (Å²) in [5.41, 5.74) is 0. The number of fused-ring (bicyclic) bond motifs is 1. The summed E-state index contributed by atoms with van der Waals surface area (Å²) in [5.74, 6) is 3.56. The minimum absolute atomic E-state index is 0.646. The maximum atomic E-state index is 5.79. The highest BCUT2D eigenvalue weighted by atomic mass is 16.5. The molecule has 0 saturated carbocycles. The highest BCUT2D eigenvalue weighted by Crippen LogP contribution is 2.15. The van der Waals surface area contributed by atoms with Gasteiger partial charge in [-0.15, -0.1) is 10.2 Å². The van der Waals surface area contributed by atoms with E-state index in [0.29, 0.717) is 12.5 Å². The van der Waals surface area contributed by atoms with Crippen molar-refractivity contribution in [2.45, 2.75) is 51.6 Å². The van der Waals surface area contributed by atoms with E-state index in [0.717, 1.165) is 82.8 Å². The molecule has 1 aromatic heterocycles. The number of aliphatic imine (C=N–C) groups is 1. The Bertz CT molecular complexity index is 568. The van der Waals surface area contributed by atoms with Crippen LogP contribution >= 0.6 is 0 Å². The van der Waals surface area contributed by atoms with Crippen molar-refractivity contribution < 1.29 is 9.47 Å². The average Bonchev–Trinajstić information content (AvgIpc) is 3.11. The molecular weight excluding hydrogens is 332 g/mol. The Morgan fingerprint density at radius 1 is 1.27 bits per heavy atom. The van der Waals surface area contributed by atoms with Gasteiger partial charge >= 0.3 is 0 Å². The number of aromatic nitrogens is 3. The topological polar surface area (TPSA) is 85.6 Å². The van der Waals surface area contributed by atoms with E-state index in [1.807, 2.05) is 0 Å². The molecule has 0 aromatic carbocycles. The molecule has 0 spiro atoms. The molecule has 8 nitrogen and oxygen atoms in total. The van der Waals surface area contributed by atoms with Crippen LogP contribution in [0.4, 0.5) is 0 Å². The normalized spacial score (nSPS) is 18.6. The largest absolute Gasteiger partial charge is 0.381 e. The zero-order valence-electron chi connectivity index (χ0n) is 15.9. The smallest absolute Gasteiger partial charge is 0.191 e. The molecule has 1 aromatic rings. The van der Waals surface area contributed by atoms with Gasteiger partial charge in [-0.1, -0.05) is 0 Å². The summed E-state index contributed by atoms with van der Waals surface area (Å²) in [6.07, 6.45) is 6.67. The average molecular weight is 364 g/mol. The molecule has 2 aliphatic heterocycles. The van der Waals surface area contributed by atoms with Gasteiger partial charge in [0.1, 0.15) is 5.82 Å². The second-order valence-electron chi connectivity index (χ2n) is 6.98. The summed E-state index contributed by atoms with van der Waals surface area (Å²) < 4.78 is 13.4. The fraction of sp³-hybridized carbons (Fsp3) is 0.833. The number of hydrogen-bond acceptors (Lipinski definition) is 5. The lowest BCUT2D eigenvalue weighted by molar-refractivity contribution is 0.0203. The first kappa shape index (κ1) is 19.1. The van der Waals surface area contributed by atoms with Crippen LogP contribution in [0.5, 0.6) is 0 Å². The fourth-order valence-electron chi connectivity index (χ4n) is 3.43. The summed E-state index contributed by atoms with van der Waals surface area (Å²) >= 11 is 0. The Labute approximate surface area is 155 Å². The van der Waals surface area contributed by atoms with Gasteiger partial charge < -0.3 is 24.7 Å². The Hall–Kier alpha value is -1.67. The number of ether oxygens (including phenoxy) is 2. The highest BCUT2D eigenvalue weighted by molar-refractivity contribution is 5.79. The minimum atomic E-state index is 0.646. The second kappa shape index (κ2) is 10.5. The van der Waals surface area contributed by atoms with Crippen molar-refractivity contribution in [1.82, 2.24) is 25.4 Å². The summed E-state index contributed by atoms with van der Waals surface area (Å²) in [6, 6.07) is 0. The fourth-order valence-corrected chi connectivity index (χ4v) is 3.43. The van der Waals surface area contributed by atoms with Crippen molar-refractivity contribution >= 4 is 5.96 Å². The maximum absolute atomic E-state index is 5.79. The van der Waals surface area contributed by atoms with E-state index in [4.69, 9.17) is 9.47 Å². The zero-order valence-corrected chi connectivity index (χ0v) is 15.9. The van der Waals surface area contributed by atoms with Crippen molar-refractivity contribution in [3.63, 3.8) is 0 Å². The van der Waals surface area contributed by atoms with Gasteiger partial charge in [0.25, 0.3) is 0 Å². The van der Waals surface area contributed by atoms with E-state index in [1.165, 1.54) is 12.8 Å². The summed E-state index contributed by atoms with van der Waals surface area (Å²) in [4.78, 5) is 4.27. The summed E-state index contributed by atoms with van der Waals surface area (Å²) in [6.45, 7) is 5.90. The second-order valence-corrected chi connectivity index (χ2v) is 6.98. The Morgan fingerprint density at radius 2 is 2.15 bits per heavy atom. The Morgan fingerprint density at radius 3 is 3.00 bits per heavy atom. The van der Waals surface area contributed by atoms with E-state index >= 15 is 0 Å². The molecule has 3 rings (SSSR count). The molecule has 2 aliphatic rings. The summed E-state index contributed by atoms with van der Waals surface area (Å²) in [7, 11) is 1.79. The van der Waals surface area contributed by atoms with Gasteiger partial charge in [-0.05, 0) is 38.0 Å². The van der Waals surface area contributed by atoms with Crippen molar-refractivity contribution in [2.24, 2.45) is 10.9 Å². The Kier molecular flexibility index (Phi) is 7.69. The van der Waals surface area contributed by atoms with E-state index < -0.39 is 0 Å². The molecular formula is C18H32N6O2. The van der Waals surface area contributed by atoms with Crippen molar-refractivity contribution in [3.8, 4) is 0 Å². The quantitative estimate of drug-likeness (QED) is 0.408. The van der Waals surface area contributed by atoms with Crippen molar-refractivity contribution in [3.05, 3.63) is 11.6 Å². The number of aryl methyl sites for hydroxylation is 1. The van der Waals surface area contributed by atoms with Crippen LogP contribution < -0.4 is 10.6 Å². The molecule has 0 bridgehead atoms. The van der Waals surface area contributed by atoms with Crippen LogP contribution in [0.1, 0.15) is 43.8 Å². The Balaban J connectivity index is 1.28. The van der Waals surface area contributed by atoms with Crippen molar-refractivity contribution in [1.29, 1.82) is 0 Å². The first-order chi connectivity index (χ1) is 12.9. The number of guanidine groups is 1. The standard InChI is InChI=1S/C18H32N6O2/c1-19-18(20-8-4-10-26-14-15-6-11-25-12-7-15)21-13-17-23-22-16-5-2-3-9-24(16)17/h15H,2-14H2,1H3,(H2,19,20,21). The van der Waals surface area contributed by atoms with Crippen LogP contribution in [-0.4, -0.2) is 60.7 Å². The van der Waals surface area contributed by atoms with Crippen LogP contribution in [-0.2, 0) is 29.0 Å². The molecule has 2 N–H and O–H groups in total. The third-order valence-corrected chi connectivity index (χ3v) is 5.03. The minimum Gasteiger partial charge on any atom is -0.381 e. The third kappa shape index (κ3) is 5.67. The molecule has 0 atom stereocenters. The van der Waals surface area contributed by atoms with E-state index in [9.17, 15) is 0 Å². The molecule has 0 unspecified atom stereocenters. The van der Waals surface area contributed by atoms with Gasteiger partial charge in [0.05, 0.1) is 6.54 Å². The summed E-state index contributed by atoms with van der Waals surface area (Å²) in [5, 5.41) is 15.2. The lowest BCUT2D eigenvalue weighted by Gasteiger charge is -2.21. The molecule has 1 saturated heterocycles. The molecule has 146 valence electrons. The van der Waals surface area contributed by atoms with Gasteiger partial charge in [-0.25, -0.2) is 0 Å². The van der Waals surface area contributed by atoms with Gasteiger partial charge in [-0.2, -0.15) is 0 Å². The molecule has 0 amide bonds. The first-order valence-corrected chi connectivity index (χ1v) is 9.88.